The van der Waals surface area contributed by atoms with Crippen LogP contribution in [0.1, 0.15) is 388 Å². The molecule has 75 heavy (non-hydrogen) atoms. The SMILES string of the molecule is CCC(C)CCCCCCCCCCCCCCCCCCCCC(=O)OC[C@@H](COC(=O)CCCCCCCCCCCCC(C)CC)OC(=O)CCCCCCCCCCCCCCCCCCCCC(C)C. The zero-order valence-corrected chi connectivity index (χ0v) is 51.9. The summed E-state index contributed by atoms with van der Waals surface area (Å²) in [5.74, 6) is 1.81. The quantitative estimate of drug-likeness (QED) is 0.0343. The zero-order chi connectivity index (χ0) is 54.8. The van der Waals surface area contributed by atoms with E-state index in [2.05, 4.69) is 41.5 Å². The van der Waals surface area contributed by atoms with Crippen LogP contribution >= 0.6 is 0 Å². The van der Waals surface area contributed by atoms with E-state index in [0.717, 1.165) is 75.5 Å². The zero-order valence-electron chi connectivity index (χ0n) is 51.9. The topological polar surface area (TPSA) is 78.9 Å². The minimum Gasteiger partial charge on any atom is -0.462 e. The van der Waals surface area contributed by atoms with Crippen molar-refractivity contribution in [2.45, 2.75) is 394 Å². The Morgan fingerprint density at radius 3 is 0.693 bits per heavy atom. The van der Waals surface area contributed by atoms with Crippen molar-refractivity contribution in [3.05, 3.63) is 0 Å². The van der Waals surface area contributed by atoms with Gasteiger partial charge in [-0.15, -0.1) is 0 Å². The first kappa shape index (κ1) is 73.4. The number of carbonyl (C=O) groups excluding carboxylic acids is 3. The highest BCUT2D eigenvalue weighted by Gasteiger charge is 2.20. The Morgan fingerprint density at radius 1 is 0.267 bits per heavy atom. The van der Waals surface area contributed by atoms with Crippen LogP contribution in [0.15, 0.2) is 0 Å². The van der Waals surface area contributed by atoms with Gasteiger partial charge in [-0.05, 0) is 37.0 Å². The minimum atomic E-state index is -0.765. The van der Waals surface area contributed by atoms with Crippen molar-refractivity contribution in [1.82, 2.24) is 0 Å². The van der Waals surface area contributed by atoms with E-state index in [0.29, 0.717) is 19.3 Å². The number of rotatable bonds is 62. The van der Waals surface area contributed by atoms with Crippen molar-refractivity contribution >= 4 is 17.9 Å². The second-order valence-electron chi connectivity index (χ2n) is 24.8. The molecule has 0 saturated carbocycles. The molecule has 0 saturated heterocycles. The van der Waals surface area contributed by atoms with Gasteiger partial charge in [-0.25, -0.2) is 0 Å². The molecule has 0 aliphatic carbocycles. The Balaban J connectivity index is 4.25. The van der Waals surface area contributed by atoms with Crippen LogP contribution in [0.4, 0.5) is 0 Å². The lowest BCUT2D eigenvalue weighted by Crippen LogP contribution is -2.30. The van der Waals surface area contributed by atoms with Crippen LogP contribution in [-0.2, 0) is 28.6 Å². The number of hydrogen-bond acceptors (Lipinski definition) is 6. The number of unbranched alkanes of at least 4 members (excludes halogenated alkanes) is 43. The maximum atomic E-state index is 12.9. The van der Waals surface area contributed by atoms with E-state index in [1.54, 1.807) is 0 Å². The molecule has 3 atom stereocenters. The molecular weight excluding hydrogens is 925 g/mol. The first-order chi connectivity index (χ1) is 36.7. The second kappa shape index (κ2) is 60.1. The summed E-state index contributed by atoms with van der Waals surface area (Å²) in [5, 5.41) is 0. The van der Waals surface area contributed by atoms with E-state index in [4.69, 9.17) is 14.2 Å². The van der Waals surface area contributed by atoms with Gasteiger partial charge < -0.3 is 14.2 Å². The van der Waals surface area contributed by atoms with E-state index >= 15 is 0 Å². The third-order valence-electron chi connectivity index (χ3n) is 16.6. The minimum absolute atomic E-state index is 0.0623. The summed E-state index contributed by atoms with van der Waals surface area (Å²) in [5.41, 5.74) is 0. The van der Waals surface area contributed by atoms with Crippen LogP contribution in [0.5, 0.6) is 0 Å². The molecule has 0 aliphatic heterocycles. The summed E-state index contributed by atoms with van der Waals surface area (Å²) in [4.78, 5) is 38.4. The predicted octanol–water partition coefficient (Wildman–Crippen LogP) is 23.0. The number of carbonyl (C=O) groups is 3. The molecule has 0 aromatic rings. The summed E-state index contributed by atoms with van der Waals surface area (Å²) in [6.07, 6.45) is 66.7. The van der Waals surface area contributed by atoms with Crippen LogP contribution in [0, 0.1) is 17.8 Å². The van der Waals surface area contributed by atoms with Crippen molar-refractivity contribution in [3.63, 3.8) is 0 Å². The lowest BCUT2D eigenvalue weighted by Gasteiger charge is -2.18. The highest BCUT2D eigenvalue weighted by Crippen LogP contribution is 2.20. The van der Waals surface area contributed by atoms with Crippen LogP contribution in [-0.4, -0.2) is 37.2 Å². The van der Waals surface area contributed by atoms with Crippen molar-refractivity contribution in [2.75, 3.05) is 13.2 Å². The maximum absolute atomic E-state index is 12.9. The summed E-state index contributed by atoms with van der Waals surface area (Å²) >= 11 is 0. The molecule has 0 aromatic heterocycles. The summed E-state index contributed by atoms with van der Waals surface area (Å²) < 4.78 is 17.0. The fourth-order valence-electron chi connectivity index (χ4n) is 10.7. The molecule has 0 aliphatic rings. The highest BCUT2D eigenvalue weighted by molar-refractivity contribution is 5.71. The Labute approximate surface area is 469 Å². The highest BCUT2D eigenvalue weighted by atomic mass is 16.6. The molecule has 446 valence electrons. The molecule has 0 bridgehead atoms. The third kappa shape index (κ3) is 59.9. The van der Waals surface area contributed by atoms with Crippen molar-refractivity contribution in [1.29, 1.82) is 0 Å². The average Bonchev–Trinajstić information content (AvgIpc) is 3.40. The van der Waals surface area contributed by atoms with Gasteiger partial charge >= 0.3 is 17.9 Å². The van der Waals surface area contributed by atoms with Crippen LogP contribution in [0.25, 0.3) is 0 Å². The van der Waals surface area contributed by atoms with E-state index < -0.39 is 6.10 Å². The van der Waals surface area contributed by atoms with Gasteiger partial charge in [-0.3, -0.25) is 14.4 Å². The van der Waals surface area contributed by atoms with E-state index in [-0.39, 0.29) is 31.1 Å². The third-order valence-corrected chi connectivity index (χ3v) is 16.6. The van der Waals surface area contributed by atoms with Crippen molar-refractivity contribution < 1.29 is 28.6 Å². The molecule has 0 radical (unpaired) electrons. The lowest BCUT2D eigenvalue weighted by atomic mass is 9.99. The van der Waals surface area contributed by atoms with Gasteiger partial charge in [0.25, 0.3) is 0 Å². The molecule has 0 spiro atoms. The predicted molar refractivity (Wildman–Crippen MR) is 326 cm³/mol. The van der Waals surface area contributed by atoms with Crippen LogP contribution in [0.2, 0.25) is 0 Å². The molecule has 0 aromatic carbocycles. The Kier molecular flexibility index (Phi) is 58.8. The maximum Gasteiger partial charge on any atom is 0.306 e. The standard InChI is InChI=1S/C69H134O6/c1-7-64(5)56-50-44-38-32-26-22-18-14-10-12-15-19-23-27-34-40-46-52-58-67(70)73-61-66(62-74-68(71)59-53-47-41-35-30-29-33-39-45-51-57-65(6)8-2)75-69(72)60-54-48-42-36-28-24-20-16-11-9-13-17-21-25-31-37-43-49-55-63(3)4/h63-66H,7-62H2,1-6H3/t64?,65?,66-/m0/s1. The summed E-state index contributed by atoms with van der Waals surface area (Å²) in [6.45, 7) is 13.9. The molecule has 2 unspecified atom stereocenters. The van der Waals surface area contributed by atoms with Crippen LogP contribution in [0.3, 0.4) is 0 Å². The normalized spacial score (nSPS) is 12.8. The van der Waals surface area contributed by atoms with E-state index in [9.17, 15) is 14.4 Å². The summed E-state index contributed by atoms with van der Waals surface area (Å²) in [6, 6.07) is 0. The molecular formula is C69H134O6. The summed E-state index contributed by atoms with van der Waals surface area (Å²) in [7, 11) is 0. The second-order valence-corrected chi connectivity index (χ2v) is 24.8. The molecule has 0 N–H and O–H groups in total. The van der Waals surface area contributed by atoms with Gasteiger partial charge in [-0.1, -0.05) is 350 Å². The Bertz CT molecular complexity index is 1170. The monoisotopic (exact) mass is 1060 g/mol. The Hall–Kier alpha value is -1.59. The number of ether oxygens (including phenoxy) is 3. The van der Waals surface area contributed by atoms with Gasteiger partial charge in [0.2, 0.25) is 0 Å². The number of esters is 3. The molecule has 0 rings (SSSR count). The average molecular weight is 1060 g/mol. The van der Waals surface area contributed by atoms with E-state index in [1.807, 2.05) is 0 Å². The molecule has 0 amide bonds. The van der Waals surface area contributed by atoms with Crippen LogP contribution < -0.4 is 0 Å². The first-order valence-electron chi connectivity index (χ1n) is 34.2. The van der Waals surface area contributed by atoms with Gasteiger partial charge in [-0.2, -0.15) is 0 Å². The first-order valence-corrected chi connectivity index (χ1v) is 34.2. The van der Waals surface area contributed by atoms with Gasteiger partial charge in [0.1, 0.15) is 13.2 Å². The molecule has 0 heterocycles. The molecule has 6 heteroatoms. The lowest BCUT2D eigenvalue weighted by molar-refractivity contribution is -0.167. The molecule has 0 fully saturated rings. The molecule has 6 nitrogen and oxygen atoms in total. The van der Waals surface area contributed by atoms with Crippen molar-refractivity contribution in [3.8, 4) is 0 Å². The van der Waals surface area contributed by atoms with Crippen molar-refractivity contribution in [2.24, 2.45) is 17.8 Å². The number of hydrogen-bond donors (Lipinski definition) is 0. The van der Waals surface area contributed by atoms with Gasteiger partial charge in [0, 0.05) is 19.3 Å². The smallest absolute Gasteiger partial charge is 0.306 e. The van der Waals surface area contributed by atoms with Gasteiger partial charge in [0.05, 0.1) is 0 Å². The van der Waals surface area contributed by atoms with Gasteiger partial charge in [0.15, 0.2) is 6.10 Å². The largest absolute Gasteiger partial charge is 0.462 e. The fourth-order valence-corrected chi connectivity index (χ4v) is 10.7. The Morgan fingerprint density at radius 2 is 0.467 bits per heavy atom. The fraction of sp³-hybridized carbons (Fsp3) is 0.957. The van der Waals surface area contributed by atoms with E-state index in [1.165, 1.54) is 270 Å².